The SMILES string of the molecule is Cc1ccc2ccc(-c3ccc(F)cc3)cn12. The molecule has 2 aromatic heterocycles. The second-order valence-corrected chi connectivity index (χ2v) is 4.19. The first kappa shape index (κ1) is 10.1. The van der Waals surface area contributed by atoms with E-state index in [2.05, 4.69) is 41.8 Å². The molecule has 0 radical (unpaired) electrons. The van der Waals surface area contributed by atoms with Crippen molar-refractivity contribution in [2.24, 2.45) is 0 Å². The van der Waals surface area contributed by atoms with Gasteiger partial charge in [-0.25, -0.2) is 4.39 Å². The number of fused-ring (bicyclic) bond motifs is 1. The molecule has 0 unspecified atom stereocenters. The van der Waals surface area contributed by atoms with Crippen LogP contribution in [0.4, 0.5) is 4.39 Å². The summed E-state index contributed by atoms with van der Waals surface area (Å²) in [6.45, 7) is 2.07. The number of rotatable bonds is 1. The molecule has 3 aromatic rings. The summed E-state index contributed by atoms with van der Waals surface area (Å²) in [6, 6.07) is 14.9. The molecule has 2 heterocycles. The Balaban J connectivity index is 2.17. The van der Waals surface area contributed by atoms with Crippen LogP contribution in [0.1, 0.15) is 5.69 Å². The third-order valence-corrected chi connectivity index (χ3v) is 3.03. The van der Waals surface area contributed by atoms with Gasteiger partial charge < -0.3 is 4.40 Å². The topological polar surface area (TPSA) is 4.41 Å². The highest BCUT2D eigenvalue weighted by Gasteiger charge is 2.01. The molecule has 0 fully saturated rings. The lowest BCUT2D eigenvalue weighted by atomic mass is 10.1. The quantitative estimate of drug-likeness (QED) is 0.588. The van der Waals surface area contributed by atoms with E-state index in [1.165, 1.54) is 23.3 Å². The van der Waals surface area contributed by atoms with Gasteiger partial charge in [0.25, 0.3) is 0 Å². The zero-order valence-electron chi connectivity index (χ0n) is 9.52. The van der Waals surface area contributed by atoms with E-state index < -0.39 is 0 Å². The molecule has 0 spiro atoms. The van der Waals surface area contributed by atoms with E-state index in [0.29, 0.717) is 0 Å². The number of nitrogens with zero attached hydrogens (tertiary/aromatic N) is 1. The fraction of sp³-hybridized carbons (Fsp3) is 0.0667. The highest BCUT2D eigenvalue weighted by atomic mass is 19.1. The predicted octanol–water partition coefficient (Wildman–Crippen LogP) is 4.05. The van der Waals surface area contributed by atoms with Crippen LogP contribution < -0.4 is 0 Å². The Hall–Kier alpha value is -2.09. The van der Waals surface area contributed by atoms with Gasteiger partial charge in [-0.2, -0.15) is 0 Å². The van der Waals surface area contributed by atoms with Gasteiger partial charge in [0.05, 0.1) is 0 Å². The third kappa shape index (κ3) is 1.72. The largest absolute Gasteiger partial charge is 0.321 e. The summed E-state index contributed by atoms with van der Waals surface area (Å²) in [6.07, 6.45) is 2.08. The van der Waals surface area contributed by atoms with Gasteiger partial charge >= 0.3 is 0 Å². The highest BCUT2D eigenvalue weighted by Crippen LogP contribution is 2.21. The maximum absolute atomic E-state index is 12.9. The predicted molar refractivity (Wildman–Crippen MR) is 67.5 cm³/mol. The van der Waals surface area contributed by atoms with Crippen LogP contribution in [-0.4, -0.2) is 4.40 Å². The Morgan fingerprint density at radius 3 is 2.24 bits per heavy atom. The average molecular weight is 225 g/mol. The summed E-state index contributed by atoms with van der Waals surface area (Å²) < 4.78 is 15.0. The maximum atomic E-state index is 12.9. The zero-order valence-corrected chi connectivity index (χ0v) is 9.52. The van der Waals surface area contributed by atoms with E-state index in [4.69, 9.17) is 0 Å². The van der Waals surface area contributed by atoms with Crippen LogP contribution in [0.5, 0.6) is 0 Å². The van der Waals surface area contributed by atoms with Crippen LogP contribution in [-0.2, 0) is 0 Å². The fourth-order valence-electron chi connectivity index (χ4n) is 2.05. The standard InChI is InChI=1S/C15H12FN/c1-11-2-8-15-9-5-13(10-17(11)15)12-3-6-14(16)7-4-12/h2-10H,1H3. The molecule has 0 aliphatic rings. The second kappa shape index (κ2) is 3.74. The molecule has 1 nitrogen and oxygen atoms in total. The lowest BCUT2D eigenvalue weighted by Crippen LogP contribution is -1.88. The van der Waals surface area contributed by atoms with Gasteiger partial charge in [0, 0.05) is 17.4 Å². The number of aryl methyl sites for hydroxylation is 1. The van der Waals surface area contributed by atoms with E-state index in [0.717, 1.165) is 11.1 Å². The van der Waals surface area contributed by atoms with E-state index in [-0.39, 0.29) is 5.82 Å². The molecule has 2 heteroatoms. The van der Waals surface area contributed by atoms with Gasteiger partial charge in [0.2, 0.25) is 0 Å². The number of benzene rings is 1. The Morgan fingerprint density at radius 2 is 1.47 bits per heavy atom. The first-order valence-corrected chi connectivity index (χ1v) is 5.58. The van der Waals surface area contributed by atoms with Crippen molar-refractivity contribution in [1.29, 1.82) is 0 Å². The van der Waals surface area contributed by atoms with Crippen molar-refractivity contribution in [2.45, 2.75) is 6.92 Å². The molecule has 0 atom stereocenters. The molecule has 0 aliphatic carbocycles. The van der Waals surface area contributed by atoms with Crippen molar-refractivity contribution in [2.75, 3.05) is 0 Å². The van der Waals surface area contributed by atoms with E-state index in [1.54, 1.807) is 12.1 Å². The molecule has 3 rings (SSSR count). The van der Waals surface area contributed by atoms with Crippen LogP contribution in [0, 0.1) is 12.7 Å². The van der Waals surface area contributed by atoms with Crippen molar-refractivity contribution in [1.82, 2.24) is 4.40 Å². The van der Waals surface area contributed by atoms with Crippen molar-refractivity contribution in [3.05, 3.63) is 66.2 Å². The van der Waals surface area contributed by atoms with Crippen molar-refractivity contribution < 1.29 is 4.39 Å². The van der Waals surface area contributed by atoms with Gasteiger partial charge in [0.1, 0.15) is 5.82 Å². The molecular formula is C15H12FN. The Morgan fingerprint density at radius 1 is 0.824 bits per heavy atom. The number of hydrogen-bond acceptors (Lipinski definition) is 0. The number of aromatic nitrogens is 1. The molecular weight excluding hydrogens is 213 g/mol. The average Bonchev–Trinajstić information content (AvgIpc) is 2.72. The number of hydrogen-bond donors (Lipinski definition) is 0. The minimum absolute atomic E-state index is 0.202. The summed E-state index contributed by atoms with van der Waals surface area (Å²) in [5.74, 6) is -0.202. The molecule has 0 bridgehead atoms. The normalized spacial score (nSPS) is 10.9. The van der Waals surface area contributed by atoms with Crippen LogP contribution in [0.25, 0.3) is 16.6 Å². The monoisotopic (exact) mass is 225 g/mol. The molecule has 0 N–H and O–H groups in total. The summed E-state index contributed by atoms with van der Waals surface area (Å²) in [4.78, 5) is 0. The molecule has 0 aliphatic heterocycles. The lowest BCUT2D eigenvalue weighted by molar-refractivity contribution is 0.628. The summed E-state index contributed by atoms with van der Waals surface area (Å²) >= 11 is 0. The van der Waals surface area contributed by atoms with Gasteiger partial charge in [-0.05, 0) is 48.4 Å². The van der Waals surface area contributed by atoms with Gasteiger partial charge in [-0.3, -0.25) is 0 Å². The van der Waals surface area contributed by atoms with Crippen molar-refractivity contribution in [3.8, 4) is 11.1 Å². The Kier molecular flexibility index (Phi) is 2.22. The smallest absolute Gasteiger partial charge is 0.123 e. The Labute approximate surface area is 99.1 Å². The Bertz CT molecular complexity index is 665. The van der Waals surface area contributed by atoms with Crippen LogP contribution in [0.2, 0.25) is 0 Å². The molecule has 1 aromatic carbocycles. The maximum Gasteiger partial charge on any atom is 0.123 e. The van der Waals surface area contributed by atoms with E-state index >= 15 is 0 Å². The molecule has 0 saturated carbocycles. The third-order valence-electron chi connectivity index (χ3n) is 3.03. The second-order valence-electron chi connectivity index (χ2n) is 4.19. The summed E-state index contributed by atoms with van der Waals surface area (Å²) in [5, 5.41) is 0. The first-order valence-electron chi connectivity index (χ1n) is 5.58. The van der Waals surface area contributed by atoms with Crippen molar-refractivity contribution in [3.63, 3.8) is 0 Å². The van der Waals surface area contributed by atoms with E-state index in [9.17, 15) is 4.39 Å². The van der Waals surface area contributed by atoms with E-state index in [1.807, 2.05) is 0 Å². The van der Waals surface area contributed by atoms with Gasteiger partial charge in [-0.1, -0.05) is 18.2 Å². The number of halogens is 1. The highest BCUT2D eigenvalue weighted by molar-refractivity contribution is 5.66. The first-order chi connectivity index (χ1) is 8.24. The minimum atomic E-state index is -0.202. The van der Waals surface area contributed by atoms with Crippen LogP contribution in [0.3, 0.4) is 0 Å². The summed E-state index contributed by atoms with van der Waals surface area (Å²) in [7, 11) is 0. The molecule has 0 amide bonds. The molecule has 84 valence electrons. The fourth-order valence-corrected chi connectivity index (χ4v) is 2.05. The molecule has 17 heavy (non-hydrogen) atoms. The van der Waals surface area contributed by atoms with Gasteiger partial charge in [0.15, 0.2) is 0 Å². The lowest BCUT2D eigenvalue weighted by Gasteiger charge is -2.04. The van der Waals surface area contributed by atoms with Gasteiger partial charge in [-0.15, -0.1) is 0 Å². The minimum Gasteiger partial charge on any atom is -0.321 e. The van der Waals surface area contributed by atoms with Crippen LogP contribution in [0.15, 0.2) is 54.7 Å². The van der Waals surface area contributed by atoms with Crippen LogP contribution >= 0.6 is 0 Å². The molecule has 0 saturated heterocycles. The van der Waals surface area contributed by atoms with Crippen molar-refractivity contribution >= 4 is 5.52 Å². The summed E-state index contributed by atoms with van der Waals surface area (Å²) in [5.41, 5.74) is 4.50. The number of pyridine rings is 1. The zero-order chi connectivity index (χ0) is 11.8.